The average Bonchev–Trinajstić information content (AvgIpc) is 3.29. The van der Waals surface area contributed by atoms with Gasteiger partial charge in [0.15, 0.2) is 0 Å². The van der Waals surface area contributed by atoms with Crippen molar-refractivity contribution in [2.24, 2.45) is 28.0 Å². The lowest BCUT2D eigenvalue weighted by molar-refractivity contribution is -0.150. The summed E-state index contributed by atoms with van der Waals surface area (Å²) >= 11 is 6.11. The first-order valence-corrected chi connectivity index (χ1v) is 12.8. The third kappa shape index (κ3) is 4.89. The van der Waals surface area contributed by atoms with Crippen molar-refractivity contribution in [3.05, 3.63) is 64.7 Å². The van der Waals surface area contributed by atoms with E-state index in [0.29, 0.717) is 35.7 Å². The van der Waals surface area contributed by atoms with E-state index < -0.39 is 29.3 Å². The normalized spacial score (nSPS) is 19.6. The summed E-state index contributed by atoms with van der Waals surface area (Å²) in [6.07, 6.45) is 2.27. The number of benzodiazepines with no additional fused rings is 1. The number of carbonyl (C=O) groups excluding carboxylic acids is 3. The van der Waals surface area contributed by atoms with Gasteiger partial charge in [-0.05, 0) is 43.4 Å². The number of amides is 3. The van der Waals surface area contributed by atoms with Gasteiger partial charge in [0, 0.05) is 23.2 Å². The first-order chi connectivity index (χ1) is 17.1. The van der Waals surface area contributed by atoms with Crippen LogP contribution in [0.2, 0.25) is 5.02 Å². The molecule has 190 valence electrons. The van der Waals surface area contributed by atoms with Crippen molar-refractivity contribution in [2.45, 2.75) is 52.1 Å². The fraction of sp³-hybridized carbons (Fsp3) is 0.429. The zero-order valence-electron chi connectivity index (χ0n) is 21.0. The van der Waals surface area contributed by atoms with E-state index in [1.54, 1.807) is 19.2 Å². The predicted octanol–water partition coefficient (Wildman–Crippen LogP) is 4.62. The Bertz CT molecular complexity index is 1190. The second-order valence-corrected chi connectivity index (χ2v) is 10.7. The number of anilines is 1. The number of likely N-dealkylation sites (N-methyl/N-ethyl adjacent to an activating group) is 1. The molecule has 2 aromatic rings. The van der Waals surface area contributed by atoms with Gasteiger partial charge in [0.1, 0.15) is 0 Å². The number of para-hydroxylation sites is 1. The number of aliphatic imine (C=N–C) groups is 1. The van der Waals surface area contributed by atoms with Crippen molar-refractivity contribution in [1.82, 2.24) is 4.90 Å². The Morgan fingerprint density at radius 3 is 2.39 bits per heavy atom. The number of hydrogen-bond acceptors (Lipinski definition) is 4. The molecule has 1 aliphatic carbocycles. The zero-order valence-corrected chi connectivity index (χ0v) is 21.7. The Kier molecular flexibility index (Phi) is 7.50. The minimum atomic E-state index is -1.11. The highest BCUT2D eigenvalue weighted by molar-refractivity contribution is 6.30. The van der Waals surface area contributed by atoms with Crippen LogP contribution in [-0.4, -0.2) is 41.5 Å². The molecule has 1 aliphatic heterocycles. The van der Waals surface area contributed by atoms with Gasteiger partial charge in [-0.15, -0.1) is 0 Å². The lowest BCUT2D eigenvalue weighted by Gasteiger charge is -2.38. The summed E-state index contributed by atoms with van der Waals surface area (Å²) in [7, 11) is 1.59. The summed E-state index contributed by atoms with van der Waals surface area (Å²) < 4.78 is 0. The molecule has 36 heavy (non-hydrogen) atoms. The predicted molar refractivity (Wildman–Crippen MR) is 142 cm³/mol. The standard InChI is InChI=1S/C28H33ClN4O3/c1-17(2)16-21(28(27(30)36)14-6-7-15-28)26(35)33(3)24-25(34)31-22-9-5-4-8-20(22)23(32-24)18-10-12-19(29)13-11-18/h4-5,8-13,17,21,24H,6-7,14-16H2,1-3H3,(H2,30,36)(H,31,34). The van der Waals surface area contributed by atoms with E-state index in [1.807, 2.05) is 50.2 Å². The Balaban J connectivity index is 1.77. The van der Waals surface area contributed by atoms with Gasteiger partial charge < -0.3 is 16.0 Å². The average molecular weight is 509 g/mol. The molecule has 0 saturated heterocycles. The van der Waals surface area contributed by atoms with E-state index in [-0.39, 0.29) is 11.8 Å². The number of carbonyl (C=O) groups is 3. The first-order valence-electron chi connectivity index (χ1n) is 12.4. The second kappa shape index (κ2) is 10.4. The van der Waals surface area contributed by atoms with Gasteiger partial charge >= 0.3 is 0 Å². The summed E-state index contributed by atoms with van der Waals surface area (Å²) in [5.41, 5.74) is 7.74. The van der Waals surface area contributed by atoms with Crippen molar-refractivity contribution in [3.8, 4) is 0 Å². The smallest absolute Gasteiger partial charge is 0.269 e. The van der Waals surface area contributed by atoms with Gasteiger partial charge in [-0.3, -0.25) is 14.4 Å². The van der Waals surface area contributed by atoms with Crippen molar-refractivity contribution >= 4 is 40.7 Å². The number of rotatable bonds is 7. The molecule has 1 saturated carbocycles. The number of nitrogens with one attached hydrogen (secondary N) is 1. The van der Waals surface area contributed by atoms with Crippen molar-refractivity contribution in [2.75, 3.05) is 12.4 Å². The van der Waals surface area contributed by atoms with E-state index in [9.17, 15) is 14.4 Å². The van der Waals surface area contributed by atoms with Gasteiger partial charge in [-0.25, -0.2) is 4.99 Å². The van der Waals surface area contributed by atoms with Crippen LogP contribution in [0.15, 0.2) is 53.5 Å². The minimum absolute atomic E-state index is 0.171. The molecule has 8 heteroatoms. The van der Waals surface area contributed by atoms with Crippen LogP contribution < -0.4 is 11.1 Å². The monoisotopic (exact) mass is 508 g/mol. The molecule has 2 unspecified atom stereocenters. The topological polar surface area (TPSA) is 105 Å². The highest BCUT2D eigenvalue weighted by atomic mass is 35.5. The Hall–Kier alpha value is -3.19. The van der Waals surface area contributed by atoms with Crippen LogP contribution in [0.1, 0.15) is 57.1 Å². The molecule has 2 aromatic carbocycles. The molecule has 2 aliphatic rings. The number of hydrogen-bond donors (Lipinski definition) is 2. The zero-order chi connectivity index (χ0) is 26.0. The summed E-state index contributed by atoms with van der Waals surface area (Å²) in [5, 5.41) is 3.52. The summed E-state index contributed by atoms with van der Waals surface area (Å²) in [4.78, 5) is 46.4. The van der Waals surface area contributed by atoms with Gasteiger partial charge in [-0.2, -0.15) is 0 Å². The van der Waals surface area contributed by atoms with Gasteiger partial charge in [0.2, 0.25) is 18.0 Å². The number of primary amides is 1. The highest BCUT2D eigenvalue weighted by Crippen LogP contribution is 2.47. The van der Waals surface area contributed by atoms with Crippen molar-refractivity contribution in [3.63, 3.8) is 0 Å². The van der Waals surface area contributed by atoms with Crippen molar-refractivity contribution < 1.29 is 14.4 Å². The van der Waals surface area contributed by atoms with Crippen LogP contribution in [0.4, 0.5) is 5.69 Å². The van der Waals surface area contributed by atoms with E-state index in [0.717, 1.165) is 24.0 Å². The van der Waals surface area contributed by atoms with Crippen LogP contribution >= 0.6 is 11.6 Å². The number of nitrogens with two attached hydrogens (primary N) is 1. The first kappa shape index (κ1) is 25.9. The van der Waals surface area contributed by atoms with Crippen LogP contribution in [-0.2, 0) is 14.4 Å². The lowest BCUT2D eigenvalue weighted by atomic mass is 9.69. The molecule has 1 heterocycles. The Morgan fingerprint density at radius 1 is 1.14 bits per heavy atom. The maximum Gasteiger partial charge on any atom is 0.269 e. The third-order valence-corrected chi connectivity index (χ3v) is 7.67. The molecule has 0 bridgehead atoms. The Labute approximate surface area is 217 Å². The minimum Gasteiger partial charge on any atom is -0.369 e. The van der Waals surface area contributed by atoms with Gasteiger partial charge in [0.25, 0.3) is 5.91 Å². The summed E-state index contributed by atoms with van der Waals surface area (Å²) in [5.74, 6) is -1.57. The number of benzene rings is 2. The molecule has 0 aromatic heterocycles. The number of fused-ring (bicyclic) bond motifs is 1. The molecule has 3 amide bonds. The van der Waals surface area contributed by atoms with E-state index in [2.05, 4.69) is 5.32 Å². The number of nitrogens with zero attached hydrogens (tertiary/aromatic N) is 2. The Morgan fingerprint density at radius 2 is 1.78 bits per heavy atom. The molecular weight excluding hydrogens is 476 g/mol. The highest BCUT2D eigenvalue weighted by Gasteiger charge is 2.51. The molecule has 0 radical (unpaired) electrons. The maximum absolute atomic E-state index is 14.0. The quantitative estimate of drug-likeness (QED) is 0.570. The van der Waals surface area contributed by atoms with Crippen LogP contribution in [0, 0.1) is 17.3 Å². The van der Waals surface area contributed by atoms with Gasteiger partial charge in [0.05, 0.1) is 22.7 Å². The second-order valence-electron chi connectivity index (χ2n) is 10.3. The fourth-order valence-electron chi connectivity index (χ4n) is 5.52. The lowest BCUT2D eigenvalue weighted by Crippen LogP contribution is -2.53. The van der Waals surface area contributed by atoms with Crippen molar-refractivity contribution in [1.29, 1.82) is 0 Å². The van der Waals surface area contributed by atoms with Crippen LogP contribution in [0.25, 0.3) is 0 Å². The molecule has 7 nitrogen and oxygen atoms in total. The molecule has 3 N–H and O–H groups in total. The van der Waals surface area contributed by atoms with E-state index in [1.165, 1.54) is 4.90 Å². The summed E-state index contributed by atoms with van der Waals surface area (Å²) in [6, 6.07) is 14.6. The largest absolute Gasteiger partial charge is 0.369 e. The van der Waals surface area contributed by atoms with Gasteiger partial charge in [-0.1, -0.05) is 68.6 Å². The van der Waals surface area contributed by atoms with E-state index >= 15 is 0 Å². The third-order valence-electron chi connectivity index (χ3n) is 7.42. The molecule has 0 spiro atoms. The molecule has 2 atom stereocenters. The maximum atomic E-state index is 14.0. The molecule has 4 rings (SSSR count). The summed E-state index contributed by atoms with van der Waals surface area (Å²) in [6.45, 7) is 4.05. The fourth-order valence-corrected chi connectivity index (χ4v) is 5.65. The van der Waals surface area contributed by atoms with Crippen LogP contribution in [0.5, 0.6) is 0 Å². The molecule has 1 fully saturated rings. The number of halogens is 1. The SMILES string of the molecule is CC(C)CC(C(=O)N(C)C1N=C(c2ccc(Cl)cc2)c2ccccc2NC1=O)C1(C(N)=O)CCCC1. The molecular formula is C28H33ClN4O3. The van der Waals surface area contributed by atoms with E-state index in [4.69, 9.17) is 22.3 Å². The van der Waals surface area contributed by atoms with Crippen LogP contribution in [0.3, 0.4) is 0 Å².